The summed E-state index contributed by atoms with van der Waals surface area (Å²) in [7, 11) is 1.61. The van der Waals surface area contributed by atoms with Crippen LogP contribution in [0, 0.1) is 6.92 Å². The number of ether oxygens (including phenoxy) is 2. The first-order valence-electron chi connectivity index (χ1n) is 8.18. The quantitative estimate of drug-likeness (QED) is 0.707. The molecule has 0 bridgehead atoms. The number of para-hydroxylation sites is 1. The summed E-state index contributed by atoms with van der Waals surface area (Å²) in [6, 6.07) is 11.5. The van der Waals surface area contributed by atoms with E-state index in [1.165, 1.54) is 0 Å². The summed E-state index contributed by atoms with van der Waals surface area (Å²) in [5, 5.41) is 10.3. The molecule has 1 aromatic heterocycles. The Morgan fingerprint density at radius 3 is 2.68 bits per heavy atom. The summed E-state index contributed by atoms with van der Waals surface area (Å²) in [6.07, 6.45) is -0.0810. The molecule has 0 aliphatic carbocycles. The number of carboxylic acid groups (broad SMARTS) is 1. The third-order valence-corrected chi connectivity index (χ3v) is 4.21. The molecular weight excluding hydrogens is 318 g/mol. The molecule has 0 radical (unpaired) electrons. The molecule has 5 nitrogen and oxygen atoms in total. The molecule has 0 saturated carbocycles. The third kappa shape index (κ3) is 3.18. The third-order valence-electron chi connectivity index (χ3n) is 4.21. The second-order valence-electron chi connectivity index (χ2n) is 5.85. The van der Waals surface area contributed by atoms with Gasteiger partial charge in [0.2, 0.25) is 0 Å². The van der Waals surface area contributed by atoms with Crippen LogP contribution in [0.25, 0.3) is 22.2 Å². The number of aryl methyl sites for hydroxylation is 1. The molecule has 0 unspecified atom stereocenters. The molecule has 3 aromatic rings. The van der Waals surface area contributed by atoms with E-state index in [0.29, 0.717) is 12.4 Å². The number of nitrogens with one attached hydrogen (secondary N) is 1. The van der Waals surface area contributed by atoms with Crippen LogP contribution in [0.5, 0.6) is 11.5 Å². The first kappa shape index (κ1) is 16.9. The maximum Gasteiger partial charge on any atom is 0.307 e. The van der Waals surface area contributed by atoms with Crippen LogP contribution >= 0.6 is 0 Å². The molecule has 2 N–H and O–H groups in total. The van der Waals surface area contributed by atoms with Gasteiger partial charge in [-0.3, -0.25) is 4.79 Å². The van der Waals surface area contributed by atoms with Gasteiger partial charge in [0, 0.05) is 16.5 Å². The zero-order valence-electron chi connectivity index (χ0n) is 14.6. The van der Waals surface area contributed by atoms with Gasteiger partial charge in [-0.15, -0.1) is 0 Å². The highest BCUT2D eigenvalue weighted by molar-refractivity contribution is 5.97. The number of benzene rings is 2. The predicted molar refractivity (Wildman–Crippen MR) is 97.5 cm³/mol. The standard InChI is InChI=1S/C20H21NO4/c1-4-25-17-8-6-5-7-14(17)20-16(11-18(22)23)15-10-13(24-3)9-12(2)19(15)21-20/h5-10,21H,4,11H2,1-3H3,(H,22,23). The highest BCUT2D eigenvalue weighted by Gasteiger charge is 2.20. The van der Waals surface area contributed by atoms with E-state index in [-0.39, 0.29) is 6.42 Å². The van der Waals surface area contributed by atoms with Gasteiger partial charge in [0.25, 0.3) is 0 Å². The van der Waals surface area contributed by atoms with Crippen LogP contribution in [-0.4, -0.2) is 29.8 Å². The first-order valence-corrected chi connectivity index (χ1v) is 8.18. The fourth-order valence-corrected chi connectivity index (χ4v) is 3.13. The number of rotatable bonds is 6. The molecule has 2 aromatic carbocycles. The lowest BCUT2D eigenvalue weighted by Gasteiger charge is -2.10. The Morgan fingerprint density at radius 1 is 1.24 bits per heavy atom. The average molecular weight is 339 g/mol. The van der Waals surface area contributed by atoms with Crippen molar-refractivity contribution in [3.63, 3.8) is 0 Å². The van der Waals surface area contributed by atoms with Crippen LogP contribution in [-0.2, 0) is 11.2 Å². The molecular formula is C20H21NO4. The topological polar surface area (TPSA) is 71.5 Å². The van der Waals surface area contributed by atoms with Gasteiger partial charge in [-0.25, -0.2) is 0 Å². The minimum atomic E-state index is -0.878. The zero-order chi connectivity index (χ0) is 18.0. The van der Waals surface area contributed by atoms with Crippen molar-refractivity contribution in [1.29, 1.82) is 0 Å². The number of hydrogen-bond acceptors (Lipinski definition) is 3. The van der Waals surface area contributed by atoms with E-state index in [0.717, 1.165) is 39.0 Å². The summed E-state index contributed by atoms with van der Waals surface area (Å²) < 4.78 is 11.1. The summed E-state index contributed by atoms with van der Waals surface area (Å²) in [5.74, 6) is 0.560. The molecule has 130 valence electrons. The number of H-pyrrole nitrogens is 1. The van der Waals surface area contributed by atoms with Gasteiger partial charge >= 0.3 is 5.97 Å². The Kier molecular flexibility index (Phi) is 4.65. The van der Waals surface area contributed by atoms with Crippen molar-refractivity contribution < 1.29 is 19.4 Å². The van der Waals surface area contributed by atoms with Crippen molar-refractivity contribution in [2.24, 2.45) is 0 Å². The van der Waals surface area contributed by atoms with E-state index in [1.807, 2.05) is 50.2 Å². The summed E-state index contributed by atoms with van der Waals surface area (Å²) in [5.41, 5.74) is 4.28. The number of carboxylic acids is 1. The van der Waals surface area contributed by atoms with Gasteiger partial charge in [0.15, 0.2) is 0 Å². The molecule has 0 aliphatic rings. The van der Waals surface area contributed by atoms with E-state index in [9.17, 15) is 9.90 Å². The largest absolute Gasteiger partial charge is 0.497 e. The Labute approximate surface area is 146 Å². The van der Waals surface area contributed by atoms with Gasteiger partial charge < -0.3 is 19.6 Å². The predicted octanol–water partition coefficient (Wildman–Crippen LogP) is 4.18. The zero-order valence-corrected chi connectivity index (χ0v) is 14.6. The smallest absolute Gasteiger partial charge is 0.307 e. The molecule has 25 heavy (non-hydrogen) atoms. The van der Waals surface area contributed by atoms with Crippen molar-refractivity contribution in [2.75, 3.05) is 13.7 Å². The summed E-state index contributed by atoms with van der Waals surface area (Å²) in [6.45, 7) is 4.44. The number of aromatic amines is 1. The van der Waals surface area contributed by atoms with E-state index >= 15 is 0 Å². The molecule has 0 spiro atoms. The van der Waals surface area contributed by atoms with E-state index in [4.69, 9.17) is 9.47 Å². The average Bonchev–Trinajstić information content (AvgIpc) is 2.94. The fraction of sp³-hybridized carbons (Fsp3) is 0.250. The maximum atomic E-state index is 11.5. The van der Waals surface area contributed by atoms with Crippen LogP contribution in [0.1, 0.15) is 18.1 Å². The molecule has 0 saturated heterocycles. The van der Waals surface area contributed by atoms with Crippen molar-refractivity contribution in [1.82, 2.24) is 4.98 Å². The van der Waals surface area contributed by atoms with Crippen LogP contribution in [0.2, 0.25) is 0 Å². The molecule has 3 rings (SSSR count). The molecule has 1 heterocycles. The number of aliphatic carboxylic acids is 1. The van der Waals surface area contributed by atoms with Crippen molar-refractivity contribution in [2.45, 2.75) is 20.3 Å². The van der Waals surface area contributed by atoms with Gasteiger partial charge in [0.05, 0.1) is 25.8 Å². The number of fused-ring (bicyclic) bond motifs is 1. The summed E-state index contributed by atoms with van der Waals surface area (Å²) in [4.78, 5) is 14.9. The van der Waals surface area contributed by atoms with Crippen molar-refractivity contribution in [3.8, 4) is 22.8 Å². The number of methoxy groups -OCH3 is 1. The number of aromatic nitrogens is 1. The Morgan fingerprint density at radius 2 is 2.00 bits per heavy atom. The van der Waals surface area contributed by atoms with E-state index in [2.05, 4.69) is 4.98 Å². The van der Waals surface area contributed by atoms with E-state index in [1.54, 1.807) is 7.11 Å². The van der Waals surface area contributed by atoms with Crippen molar-refractivity contribution in [3.05, 3.63) is 47.5 Å². The van der Waals surface area contributed by atoms with Crippen molar-refractivity contribution >= 4 is 16.9 Å². The highest BCUT2D eigenvalue weighted by Crippen LogP contribution is 2.38. The second kappa shape index (κ2) is 6.89. The maximum absolute atomic E-state index is 11.5. The van der Waals surface area contributed by atoms with Gasteiger partial charge in [-0.05, 0) is 49.2 Å². The second-order valence-corrected chi connectivity index (χ2v) is 5.85. The number of carbonyl (C=O) groups is 1. The molecule has 0 aliphatic heterocycles. The fourth-order valence-electron chi connectivity index (χ4n) is 3.13. The minimum Gasteiger partial charge on any atom is -0.497 e. The Balaban J connectivity index is 2.31. The summed E-state index contributed by atoms with van der Waals surface area (Å²) >= 11 is 0. The molecule has 0 fully saturated rings. The van der Waals surface area contributed by atoms with Gasteiger partial charge in [-0.1, -0.05) is 12.1 Å². The Hall–Kier alpha value is -2.95. The Bertz CT molecular complexity index is 927. The monoisotopic (exact) mass is 339 g/mol. The van der Waals surface area contributed by atoms with Crippen LogP contribution in [0.15, 0.2) is 36.4 Å². The molecule has 0 amide bonds. The molecule has 0 atom stereocenters. The lowest BCUT2D eigenvalue weighted by atomic mass is 10.0. The normalized spacial score (nSPS) is 10.8. The van der Waals surface area contributed by atoms with Gasteiger partial charge in [0.1, 0.15) is 11.5 Å². The van der Waals surface area contributed by atoms with Gasteiger partial charge in [-0.2, -0.15) is 0 Å². The van der Waals surface area contributed by atoms with E-state index < -0.39 is 5.97 Å². The lowest BCUT2D eigenvalue weighted by molar-refractivity contribution is -0.136. The lowest BCUT2D eigenvalue weighted by Crippen LogP contribution is -2.02. The SMILES string of the molecule is CCOc1ccccc1-c1[nH]c2c(C)cc(OC)cc2c1CC(=O)O. The highest BCUT2D eigenvalue weighted by atomic mass is 16.5. The minimum absolute atomic E-state index is 0.0810. The van der Waals surface area contributed by atoms with Crippen LogP contribution in [0.4, 0.5) is 0 Å². The van der Waals surface area contributed by atoms with Crippen LogP contribution < -0.4 is 9.47 Å². The van der Waals surface area contributed by atoms with Crippen LogP contribution in [0.3, 0.4) is 0 Å². The first-order chi connectivity index (χ1) is 12.0. The molecule has 5 heteroatoms. The number of hydrogen-bond donors (Lipinski definition) is 2.